The SMILES string of the molecule is O=C1[C@H]2[C@H]3C=C[C@@]4([C@@H]5C[C@H](CN(Cc6ccccc6)C5)CN4C3=O)[C@H]2C(=O)N1c1ccccc1. The fourth-order valence-corrected chi connectivity index (χ4v) is 7.57. The van der Waals surface area contributed by atoms with E-state index in [1.54, 1.807) is 12.1 Å². The molecular formula is C28H27N3O3. The molecule has 1 aliphatic carbocycles. The number of amides is 3. The molecule has 0 radical (unpaired) electrons. The highest BCUT2D eigenvalue weighted by atomic mass is 16.2. The number of benzene rings is 2. The first-order valence-corrected chi connectivity index (χ1v) is 12.3. The van der Waals surface area contributed by atoms with Gasteiger partial charge in [-0.15, -0.1) is 0 Å². The molecule has 0 unspecified atom stereocenters. The third-order valence-corrected chi connectivity index (χ3v) is 8.80. The van der Waals surface area contributed by atoms with Crippen molar-refractivity contribution in [2.45, 2.75) is 18.5 Å². The topological polar surface area (TPSA) is 60.9 Å². The second-order valence-electron chi connectivity index (χ2n) is 10.6. The number of piperidine rings is 3. The van der Waals surface area contributed by atoms with E-state index in [1.165, 1.54) is 10.5 Å². The standard InChI is InChI=1S/C28H27N3O3/c32-25-22-11-12-28(24-23(22)26(33)31(27(24)34)21-9-5-2-6-10-21)20-13-19(16-30(25)28)15-29(17-20)14-18-7-3-1-4-8-18/h1-12,19-20,22-24H,13-17H2/t19-,20-,22-,23+,24-,28-/m1/s1. The van der Waals surface area contributed by atoms with E-state index >= 15 is 0 Å². The van der Waals surface area contributed by atoms with Gasteiger partial charge in [-0.2, -0.15) is 0 Å². The van der Waals surface area contributed by atoms with Gasteiger partial charge < -0.3 is 4.90 Å². The quantitative estimate of drug-likeness (QED) is 0.530. The van der Waals surface area contributed by atoms with Crippen molar-refractivity contribution in [1.82, 2.24) is 9.80 Å². The van der Waals surface area contributed by atoms with Crippen LogP contribution in [0.5, 0.6) is 0 Å². The molecule has 6 heteroatoms. The number of para-hydroxylation sites is 1. The fourth-order valence-electron chi connectivity index (χ4n) is 7.57. The highest BCUT2D eigenvalue weighted by Gasteiger charge is 2.71. The minimum atomic E-state index is -0.710. The van der Waals surface area contributed by atoms with Crippen molar-refractivity contribution >= 4 is 23.4 Å². The lowest BCUT2D eigenvalue weighted by atomic mass is 9.54. The summed E-state index contributed by atoms with van der Waals surface area (Å²) in [6.45, 7) is 3.30. The van der Waals surface area contributed by atoms with Crippen molar-refractivity contribution in [3.05, 3.63) is 78.4 Å². The van der Waals surface area contributed by atoms with Crippen molar-refractivity contribution < 1.29 is 14.4 Å². The highest BCUT2D eigenvalue weighted by molar-refractivity contribution is 6.24. The molecule has 34 heavy (non-hydrogen) atoms. The van der Waals surface area contributed by atoms with E-state index in [1.807, 2.05) is 35.2 Å². The third-order valence-electron chi connectivity index (χ3n) is 8.80. The van der Waals surface area contributed by atoms with E-state index in [0.717, 1.165) is 26.1 Å². The first-order valence-electron chi connectivity index (χ1n) is 12.3. The number of fused-ring (bicyclic) bond motifs is 2. The van der Waals surface area contributed by atoms with Gasteiger partial charge in [0.25, 0.3) is 0 Å². The number of carbonyl (C=O) groups is 3. The summed E-state index contributed by atoms with van der Waals surface area (Å²) in [4.78, 5) is 47.0. The Hall–Kier alpha value is -3.25. The summed E-state index contributed by atoms with van der Waals surface area (Å²) in [6.07, 6.45) is 5.06. The Balaban J connectivity index is 1.28. The molecule has 3 amide bonds. The van der Waals surface area contributed by atoms with Crippen LogP contribution in [0.25, 0.3) is 0 Å². The van der Waals surface area contributed by atoms with E-state index in [2.05, 4.69) is 35.2 Å². The van der Waals surface area contributed by atoms with E-state index in [-0.39, 0.29) is 23.6 Å². The van der Waals surface area contributed by atoms with Crippen LogP contribution in [0.15, 0.2) is 72.8 Å². The maximum absolute atomic E-state index is 14.0. The van der Waals surface area contributed by atoms with Gasteiger partial charge in [-0.3, -0.25) is 19.3 Å². The summed E-state index contributed by atoms with van der Waals surface area (Å²) in [6, 6.07) is 19.6. The van der Waals surface area contributed by atoms with Crippen LogP contribution in [0.3, 0.4) is 0 Å². The van der Waals surface area contributed by atoms with Gasteiger partial charge in [0.1, 0.15) is 0 Å². The molecule has 4 fully saturated rings. The normalized spacial score (nSPS) is 36.1. The average molecular weight is 454 g/mol. The minimum Gasteiger partial charge on any atom is -0.332 e. The summed E-state index contributed by atoms with van der Waals surface area (Å²) in [5, 5.41) is 0. The van der Waals surface area contributed by atoms with Gasteiger partial charge in [0.05, 0.1) is 29.0 Å². The maximum atomic E-state index is 14.0. The van der Waals surface area contributed by atoms with Crippen LogP contribution in [-0.4, -0.2) is 52.7 Å². The van der Waals surface area contributed by atoms with Crippen molar-refractivity contribution in [2.75, 3.05) is 24.5 Å². The molecule has 5 heterocycles. The maximum Gasteiger partial charge on any atom is 0.240 e. The van der Waals surface area contributed by atoms with Gasteiger partial charge in [0.15, 0.2) is 0 Å². The van der Waals surface area contributed by atoms with Gasteiger partial charge in [-0.1, -0.05) is 60.7 Å². The Morgan fingerprint density at radius 3 is 2.32 bits per heavy atom. The molecule has 2 aromatic carbocycles. The zero-order valence-electron chi connectivity index (χ0n) is 18.9. The van der Waals surface area contributed by atoms with Crippen LogP contribution in [0.1, 0.15) is 12.0 Å². The predicted octanol–water partition coefficient (Wildman–Crippen LogP) is 2.71. The second-order valence-corrected chi connectivity index (χ2v) is 10.6. The molecule has 4 saturated heterocycles. The van der Waals surface area contributed by atoms with Crippen LogP contribution < -0.4 is 4.90 Å². The van der Waals surface area contributed by atoms with E-state index < -0.39 is 23.3 Å². The largest absolute Gasteiger partial charge is 0.332 e. The lowest BCUT2D eigenvalue weighted by molar-refractivity contribution is -0.177. The molecule has 0 saturated carbocycles. The smallest absolute Gasteiger partial charge is 0.240 e. The number of likely N-dealkylation sites (tertiary alicyclic amines) is 1. The summed E-state index contributed by atoms with van der Waals surface area (Å²) in [5.74, 6) is -1.44. The molecule has 6 atom stereocenters. The third kappa shape index (κ3) is 2.57. The molecule has 0 aromatic heterocycles. The molecule has 172 valence electrons. The summed E-state index contributed by atoms with van der Waals surface area (Å²) < 4.78 is 0. The number of imide groups is 1. The van der Waals surface area contributed by atoms with Crippen molar-refractivity contribution in [2.24, 2.45) is 29.6 Å². The van der Waals surface area contributed by atoms with E-state index in [0.29, 0.717) is 18.2 Å². The minimum absolute atomic E-state index is 0.0334. The first-order chi connectivity index (χ1) is 16.6. The van der Waals surface area contributed by atoms with Gasteiger partial charge in [0, 0.05) is 26.2 Å². The summed E-state index contributed by atoms with van der Waals surface area (Å²) >= 11 is 0. The molecule has 6 aliphatic rings. The molecular weight excluding hydrogens is 426 g/mol. The molecule has 1 spiro atoms. The van der Waals surface area contributed by atoms with Crippen molar-refractivity contribution in [1.29, 1.82) is 0 Å². The summed E-state index contributed by atoms with van der Waals surface area (Å²) in [7, 11) is 0. The van der Waals surface area contributed by atoms with E-state index in [4.69, 9.17) is 0 Å². The zero-order valence-corrected chi connectivity index (χ0v) is 18.9. The van der Waals surface area contributed by atoms with Crippen LogP contribution in [0.2, 0.25) is 0 Å². The Morgan fingerprint density at radius 1 is 0.824 bits per heavy atom. The van der Waals surface area contributed by atoms with Gasteiger partial charge in [-0.25, -0.2) is 4.90 Å². The van der Waals surface area contributed by atoms with Crippen LogP contribution in [0, 0.1) is 29.6 Å². The lowest BCUT2D eigenvalue weighted by Gasteiger charge is -2.64. The van der Waals surface area contributed by atoms with Crippen molar-refractivity contribution in [3.63, 3.8) is 0 Å². The fraction of sp³-hybridized carbons (Fsp3) is 0.393. The predicted molar refractivity (Wildman–Crippen MR) is 126 cm³/mol. The zero-order chi connectivity index (χ0) is 23.0. The molecule has 8 rings (SSSR count). The number of nitrogens with zero attached hydrogens (tertiary/aromatic N) is 3. The Bertz CT molecular complexity index is 1210. The number of hydrogen-bond acceptors (Lipinski definition) is 4. The Labute approximate surface area is 198 Å². The Morgan fingerprint density at radius 2 is 1.56 bits per heavy atom. The lowest BCUT2D eigenvalue weighted by Crippen LogP contribution is -2.75. The molecule has 6 nitrogen and oxygen atoms in total. The number of anilines is 1. The summed E-state index contributed by atoms with van der Waals surface area (Å²) in [5.41, 5.74) is 1.17. The number of rotatable bonds is 3. The first kappa shape index (κ1) is 20.2. The molecule has 4 bridgehead atoms. The molecule has 0 N–H and O–H groups in total. The molecule has 5 aliphatic heterocycles. The monoisotopic (exact) mass is 453 g/mol. The van der Waals surface area contributed by atoms with Gasteiger partial charge in [-0.05, 0) is 36.0 Å². The number of carbonyl (C=O) groups excluding carboxylic acids is 3. The van der Waals surface area contributed by atoms with Crippen LogP contribution in [0.4, 0.5) is 5.69 Å². The van der Waals surface area contributed by atoms with Gasteiger partial charge in [0.2, 0.25) is 17.7 Å². The second kappa shape index (κ2) is 7.12. The highest BCUT2D eigenvalue weighted by Crippen LogP contribution is 2.58. The average Bonchev–Trinajstić information content (AvgIpc) is 3.13. The molecule has 2 aromatic rings. The van der Waals surface area contributed by atoms with Crippen LogP contribution >= 0.6 is 0 Å². The van der Waals surface area contributed by atoms with E-state index in [9.17, 15) is 14.4 Å². The van der Waals surface area contributed by atoms with Gasteiger partial charge >= 0.3 is 0 Å². The Kier molecular flexibility index (Phi) is 4.22. The number of hydrogen-bond donors (Lipinski definition) is 0. The van der Waals surface area contributed by atoms with Crippen molar-refractivity contribution in [3.8, 4) is 0 Å². The van der Waals surface area contributed by atoms with Crippen LogP contribution in [-0.2, 0) is 20.9 Å².